The molecule has 3 aliphatic carbocycles. The van der Waals surface area contributed by atoms with E-state index in [0.29, 0.717) is 17.3 Å². The summed E-state index contributed by atoms with van der Waals surface area (Å²) in [6.07, 6.45) is 2.19. The van der Waals surface area contributed by atoms with Gasteiger partial charge in [-0.1, -0.05) is 26.0 Å². The quantitative estimate of drug-likeness (QED) is 0.478. The summed E-state index contributed by atoms with van der Waals surface area (Å²) in [6, 6.07) is 5.12. The average molecular weight is 315 g/mol. The molecule has 4 atom stereocenters. The topological polar surface area (TPSA) is 61.6 Å². The fraction of sp³-hybridized carbons (Fsp3) is 0.647. The number of hydrogen-bond acceptors (Lipinski definition) is 4. The van der Waals surface area contributed by atoms with E-state index < -0.39 is 7.12 Å². The lowest BCUT2D eigenvalue weighted by Gasteiger charge is -2.64. The molecule has 1 saturated heterocycles. The fourth-order valence-electron chi connectivity index (χ4n) is 5.12. The summed E-state index contributed by atoms with van der Waals surface area (Å²) in [5, 5.41) is 11.4. The zero-order chi connectivity index (χ0) is 16.6. The van der Waals surface area contributed by atoms with Crippen molar-refractivity contribution in [3.63, 3.8) is 0 Å². The van der Waals surface area contributed by atoms with Crippen molar-refractivity contribution in [2.75, 3.05) is 0 Å². The Balaban J connectivity index is 1.71. The van der Waals surface area contributed by atoms with Crippen LogP contribution in [0.25, 0.3) is 0 Å². The van der Waals surface area contributed by atoms with Gasteiger partial charge in [0, 0.05) is 6.07 Å². The molecular formula is C17H22BNO4. The zero-order valence-electron chi connectivity index (χ0n) is 14.0. The zero-order valence-corrected chi connectivity index (χ0v) is 14.0. The molecule has 0 aromatic heterocycles. The van der Waals surface area contributed by atoms with Crippen LogP contribution in [-0.4, -0.2) is 23.7 Å². The Hall–Kier alpha value is -1.40. The van der Waals surface area contributed by atoms with E-state index in [1.807, 2.05) is 13.0 Å². The van der Waals surface area contributed by atoms with E-state index in [4.69, 9.17) is 9.31 Å². The van der Waals surface area contributed by atoms with Gasteiger partial charge in [0.2, 0.25) is 0 Å². The van der Waals surface area contributed by atoms with Crippen LogP contribution in [0, 0.1) is 34.3 Å². The Morgan fingerprint density at radius 1 is 1.30 bits per heavy atom. The third-order valence-electron chi connectivity index (χ3n) is 6.68. The highest BCUT2D eigenvalue weighted by Gasteiger charge is 2.68. The Labute approximate surface area is 136 Å². The number of hydrogen-bond donors (Lipinski definition) is 0. The molecule has 1 heterocycles. The molecule has 3 saturated carbocycles. The summed E-state index contributed by atoms with van der Waals surface area (Å²) in [5.74, 6) is 1.12. The Bertz CT molecular complexity index is 691. The van der Waals surface area contributed by atoms with Crippen molar-refractivity contribution in [3.8, 4) is 0 Å². The predicted molar refractivity (Wildman–Crippen MR) is 87.6 cm³/mol. The first-order valence-electron chi connectivity index (χ1n) is 8.32. The summed E-state index contributed by atoms with van der Waals surface area (Å²) in [4.78, 5) is 11.1. The number of nitro benzene ring substituents is 1. The highest BCUT2D eigenvalue weighted by atomic mass is 16.7. The number of benzene rings is 1. The third-order valence-corrected chi connectivity index (χ3v) is 6.68. The molecule has 1 aromatic carbocycles. The van der Waals surface area contributed by atoms with Crippen LogP contribution in [0.2, 0.25) is 0 Å². The molecule has 2 bridgehead atoms. The van der Waals surface area contributed by atoms with Gasteiger partial charge < -0.3 is 9.31 Å². The summed E-state index contributed by atoms with van der Waals surface area (Å²) in [6.45, 7) is 8.62. The van der Waals surface area contributed by atoms with Gasteiger partial charge in [-0.3, -0.25) is 10.1 Å². The van der Waals surface area contributed by atoms with E-state index in [9.17, 15) is 10.1 Å². The lowest BCUT2D eigenvalue weighted by Crippen LogP contribution is -2.65. The van der Waals surface area contributed by atoms with Gasteiger partial charge in [0.1, 0.15) is 0 Å². The van der Waals surface area contributed by atoms with E-state index in [0.717, 1.165) is 12.0 Å². The van der Waals surface area contributed by atoms with Crippen molar-refractivity contribution in [3.05, 3.63) is 33.9 Å². The van der Waals surface area contributed by atoms with Crippen LogP contribution < -0.4 is 5.46 Å². The average Bonchev–Trinajstić information content (AvgIpc) is 2.82. The van der Waals surface area contributed by atoms with Gasteiger partial charge >= 0.3 is 7.12 Å². The van der Waals surface area contributed by atoms with E-state index >= 15 is 0 Å². The molecule has 0 unspecified atom stereocenters. The molecule has 122 valence electrons. The van der Waals surface area contributed by atoms with Gasteiger partial charge in [0.25, 0.3) is 5.69 Å². The molecule has 23 heavy (non-hydrogen) atoms. The molecular weight excluding hydrogens is 293 g/mol. The van der Waals surface area contributed by atoms with Gasteiger partial charge in [-0.15, -0.1) is 0 Å². The highest BCUT2D eigenvalue weighted by molar-refractivity contribution is 6.64. The number of aryl methyl sites for hydroxylation is 1. The summed E-state index contributed by atoms with van der Waals surface area (Å²) in [7, 11) is -0.637. The SMILES string of the molecule is Cc1cccc([N+](=O)[O-])c1B1O[C@@H]2C[C@@H]3C[C@@H](C3(C)C)[C@]2(C)O1. The molecule has 5 rings (SSSR count). The highest BCUT2D eigenvalue weighted by Crippen LogP contribution is 2.65. The van der Waals surface area contributed by atoms with Crippen LogP contribution in [0.1, 0.15) is 39.2 Å². The molecule has 0 N–H and O–H groups in total. The Morgan fingerprint density at radius 2 is 2.04 bits per heavy atom. The number of rotatable bonds is 2. The summed E-state index contributed by atoms with van der Waals surface area (Å²) < 4.78 is 12.6. The lowest BCUT2D eigenvalue weighted by atomic mass is 9.43. The van der Waals surface area contributed by atoms with Gasteiger partial charge in [0.15, 0.2) is 0 Å². The smallest absolute Gasteiger partial charge is 0.401 e. The van der Waals surface area contributed by atoms with Crippen LogP contribution in [0.15, 0.2) is 18.2 Å². The van der Waals surface area contributed by atoms with Crippen molar-refractivity contribution in [1.82, 2.24) is 0 Å². The second kappa shape index (κ2) is 4.58. The minimum atomic E-state index is -0.637. The molecule has 0 radical (unpaired) electrons. The first-order chi connectivity index (χ1) is 10.7. The summed E-state index contributed by atoms with van der Waals surface area (Å²) >= 11 is 0. The van der Waals surface area contributed by atoms with Crippen molar-refractivity contribution >= 4 is 18.3 Å². The van der Waals surface area contributed by atoms with E-state index in [-0.39, 0.29) is 27.7 Å². The minimum Gasteiger partial charge on any atom is -0.401 e. The van der Waals surface area contributed by atoms with E-state index in [1.165, 1.54) is 12.5 Å². The van der Waals surface area contributed by atoms with Crippen molar-refractivity contribution in [2.45, 2.75) is 52.2 Å². The van der Waals surface area contributed by atoms with Crippen LogP contribution in [-0.2, 0) is 9.31 Å². The second-order valence-electron chi connectivity index (χ2n) is 8.07. The minimum absolute atomic E-state index is 0.0310. The maximum Gasteiger partial charge on any atom is 0.502 e. The van der Waals surface area contributed by atoms with E-state index in [2.05, 4.69) is 20.8 Å². The van der Waals surface area contributed by atoms with Crippen LogP contribution in [0.4, 0.5) is 5.69 Å². The van der Waals surface area contributed by atoms with Gasteiger partial charge in [-0.25, -0.2) is 0 Å². The van der Waals surface area contributed by atoms with Gasteiger partial charge in [-0.05, 0) is 49.5 Å². The largest absolute Gasteiger partial charge is 0.502 e. The van der Waals surface area contributed by atoms with Crippen LogP contribution in [0.3, 0.4) is 0 Å². The van der Waals surface area contributed by atoms with Crippen LogP contribution in [0.5, 0.6) is 0 Å². The number of nitrogens with zero attached hydrogens (tertiary/aromatic N) is 1. The lowest BCUT2D eigenvalue weighted by molar-refractivity contribution is -0.383. The second-order valence-corrected chi connectivity index (χ2v) is 8.07. The molecule has 5 nitrogen and oxygen atoms in total. The fourth-order valence-corrected chi connectivity index (χ4v) is 5.12. The van der Waals surface area contributed by atoms with Crippen LogP contribution >= 0.6 is 0 Å². The van der Waals surface area contributed by atoms with Crippen molar-refractivity contribution < 1.29 is 14.2 Å². The molecule has 1 aliphatic heterocycles. The van der Waals surface area contributed by atoms with Gasteiger partial charge in [0.05, 0.1) is 22.1 Å². The predicted octanol–water partition coefficient (Wildman–Crippen LogP) is 2.84. The Morgan fingerprint density at radius 3 is 2.70 bits per heavy atom. The molecule has 0 spiro atoms. The third kappa shape index (κ3) is 1.88. The maximum absolute atomic E-state index is 11.4. The normalized spacial score (nSPS) is 37.2. The van der Waals surface area contributed by atoms with Crippen molar-refractivity contribution in [1.29, 1.82) is 0 Å². The molecule has 4 fully saturated rings. The number of nitro groups is 1. The molecule has 4 aliphatic rings. The molecule has 6 heteroatoms. The first kappa shape index (κ1) is 15.2. The maximum atomic E-state index is 11.4. The standard InChI is InChI=1S/C17H22BNO4/c1-10-6-5-7-12(19(20)21)15(10)18-22-14-9-11-8-13(16(11,2)3)17(14,4)23-18/h5-7,11,13-14H,8-9H2,1-4H3/t11-,13-,14+,17-/m0/s1. The van der Waals surface area contributed by atoms with Crippen molar-refractivity contribution in [2.24, 2.45) is 17.3 Å². The molecule has 1 aromatic rings. The summed E-state index contributed by atoms with van der Waals surface area (Å²) in [5.41, 5.74) is 1.42. The first-order valence-corrected chi connectivity index (χ1v) is 8.32. The van der Waals surface area contributed by atoms with E-state index in [1.54, 1.807) is 6.07 Å². The van der Waals surface area contributed by atoms with Gasteiger partial charge in [-0.2, -0.15) is 0 Å². The molecule has 0 amide bonds. The monoisotopic (exact) mass is 315 g/mol. The Kier molecular flexibility index (Phi) is 3.01.